The van der Waals surface area contributed by atoms with Crippen LogP contribution in [-0.4, -0.2) is 28.2 Å². The number of nitrogens with two attached hydrogens (primary N) is 1. The number of halogens is 3. The number of fused-ring (bicyclic) bond motifs is 1. The summed E-state index contributed by atoms with van der Waals surface area (Å²) in [5.41, 5.74) is 5.52. The van der Waals surface area contributed by atoms with Gasteiger partial charge in [0.2, 0.25) is 0 Å². The molecule has 6 nitrogen and oxygen atoms in total. The fourth-order valence-electron chi connectivity index (χ4n) is 1.67. The van der Waals surface area contributed by atoms with Gasteiger partial charge >= 0.3 is 11.9 Å². The van der Waals surface area contributed by atoms with Gasteiger partial charge in [-0.25, -0.2) is 22.8 Å². The smallest absolute Gasteiger partial charge is 0.414 e. The molecule has 1 atom stereocenters. The molecular formula is C13H12F3NO5. The van der Waals surface area contributed by atoms with Gasteiger partial charge in [-0.05, 0) is 19.4 Å². The summed E-state index contributed by atoms with van der Waals surface area (Å²) in [5, 5.41) is 14.7. The van der Waals surface area contributed by atoms with Crippen molar-refractivity contribution in [1.29, 1.82) is 0 Å². The molecular weight excluding hydrogens is 307 g/mol. The second kappa shape index (κ2) is 6.94. The third-order valence-electron chi connectivity index (χ3n) is 2.54. The number of hydrogen-bond acceptors (Lipinski definition) is 4. The molecule has 1 unspecified atom stereocenters. The van der Waals surface area contributed by atoms with E-state index >= 15 is 0 Å². The normalized spacial score (nSPS) is 11.7. The second-order valence-electron chi connectivity index (χ2n) is 4.38. The van der Waals surface area contributed by atoms with Crippen molar-refractivity contribution in [3.63, 3.8) is 0 Å². The highest BCUT2D eigenvalue weighted by atomic mass is 19.2. The van der Waals surface area contributed by atoms with Crippen LogP contribution in [0.4, 0.5) is 13.2 Å². The van der Waals surface area contributed by atoms with Gasteiger partial charge in [0.25, 0.3) is 0 Å². The first-order valence-electron chi connectivity index (χ1n) is 5.91. The number of hydrogen-bond donors (Lipinski definition) is 3. The van der Waals surface area contributed by atoms with Crippen LogP contribution in [0.1, 0.15) is 12.5 Å². The Morgan fingerprint density at radius 3 is 2.18 bits per heavy atom. The van der Waals surface area contributed by atoms with Gasteiger partial charge < -0.3 is 20.4 Å². The van der Waals surface area contributed by atoms with Gasteiger partial charge in [0, 0.05) is 11.6 Å². The summed E-state index contributed by atoms with van der Waals surface area (Å²) in [6.07, 6.45) is 1.28. The van der Waals surface area contributed by atoms with Crippen molar-refractivity contribution >= 4 is 22.9 Å². The third-order valence-corrected chi connectivity index (χ3v) is 2.54. The highest BCUT2D eigenvalue weighted by molar-refractivity contribution is 6.27. The summed E-state index contributed by atoms with van der Waals surface area (Å²) in [5.74, 6) is -7.58. The lowest BCUT2D eigenvalue weighted by molar-refractivity contribution is -0.159. The first-order valence-corrected chi connectivity index (χ1v) is 5.91. The van der Waals surface area contributed by atoms with E-state index in [0.717, 1.165) is 0 Å². The first kappa shape index (κ1) is 17.5. The molecule has 1 heterocycles. The minimum absolute atomic E-state index is 0.0195. The molecule has 0 amide bonds. The molecule has 0 spiro atoms. The van der Waals surface area contributed by atoms with Crippen molar-refractivity contribution in [2.24, 2.45) is 5.73 Å². The van der Waals surface area contributed by atoms with Crippen LogP contribution in [0.2, 0.25) is 0 Å². The van der Waals surface area contributed by atoms with Crippen LogP contribution in [0.25, 0.3) is 11.0 Å². The molecule has 0 radical (unpaired) electrons. The lowest BCUT2D eigenvalue weighted by Crippen LogP contribution is -2.19. The molecule has 1 aromatic heterocycles. The van der Waals surface area contributed by atoms with Gasteiger partial charge in [0.05, 0.1) is 11.6 Å². The van der Waals surface area contributed by atoms with E-state index in [0.29, 0.717) is 0 Å². The maximum atomic E-state index is 13.5. The van der Waals surface area contributed by atoms with E-state index in [1.54, 1.807) is 6.92 Å². The fraction of sp³-hybridized carbons (Fsp3) is 0.231. The highest BCUT2D eigenvalue weighted by Crippen LogP contribution is 2.29. The van der Waals surface area contributed by atoms with Gasteiger partial charge in [-0.15, -0.1) is 0 Å². The van der Waals surface area contributed by atoms with E-state index in [1.807, 2.05) is 0 Å². The molecule has 9 heteroatoms. The van der Waals surface area contributed by atoms with Crippen LogP contribution in [0.5, 0.6) is 0 Å². The predicted octanol–water partition coefficient (Wildman–Crippen LogP) is 1.90. The van der Waals surface area contributed by atoms with Crippen molar-refractivity contribution < 1.29 is 37.4 Å². The van der Waals surface area contributed by atoms with E-state index in [1.165, 1.54) is 12.3 Å². The van der Waals surface area contributed by atoms with Gasteiger partial charge in [0.1, 0.15) is 5.58 Å². The van der Waals surface area contributed by atoms with E-state index < -0.39 is 29.4 Å². The molecule has 0 fully saturated rings. The lowest BCUT2D eigenvalue weighted by Gasteiger charge is -2.08. The average Bonchev–Trinajstić information content (AvgIpc) is 2.91. The summed E-state index contributed by atoms with van der Waals surface area (Å²) < 4.78 is 45.0. The summed E-state index contributed by atoms with van der Waals surface area (Å²) in [6, 6.07) is 0.894. The fourth-order valence-corrected chi connectivity index (χ4v) is 1.67. The number of benzene rings is 1. The Bertz CT molecular complexity index is 699. The molecule has 0 saturated heterocycles. The van der Waals surface area contributed by atoms with Crippen LogP contribution in [0.3, 0.4) is 0 Å². The van der Waals surface area contributed by atoms with Crippen LogP contribution in [-0.2, 0) is 16.0 Å². The zero-order valence-corrected chi connectivity index (χ0v) is 11.3. The monoisotopic (exact) mass is 319 g/mol. The molecule has 4 N–H and O–H groups in total. The zero-order chi connectivity index (χ0) is 17.0. The lowest BCUT2D eigenvalue weighted by atomic mass is 10.0. The van der Waals surface area contributed by atoms with Crippen molar-refractivity contribution in [3.8, 4) is 0 Å². The SMILES string of the molecule is CC(N)Cc1c(F)c(F)c(F)c2ccoc12.O=C(O)C(=O)O. The Morgan fingerprint density at radius 2 is 1.73 bits per heavy atom. The van der Waals surface area contributed by atoms with Crippen LogP contribution < -0.4 is 5.73 Å². The van der Waals surface area contributed by atoms with E-state index in [-0.39, 0.29) is 29.0 Å². The topological polar surface area (TPSA) is 114 Å². The predicted molar refractivity (Wildman–Crippen MR) is 68.7 cm³/mol. The van der Waals surface area contributed by atoms with Crippen molar-refractivity contribution in [2.45, 2.75) is 19.4 Å². The number of carboxylic acids is 2. The number of carboxylic acid groups (broad SMARTS) is 2. The Labute approximate surface area is 121 Å². The number of carbonyl (C=O) groups is 2. The molecule has 2 rings (SSSR count). The minimum atomic E-state index is -1.82. The molecule has 0 aliphatic heterocycles. The summed E-state index contributed by atoms with van der Waals surface area (Å²) in [4.78, 5) is 18.2. The summed E-state index contributed by atoms with van der Waals surface area (Å²) in [6.45, 7) is 1.65. The molecule has 0 aliphatic carbocycles. The third kappa shape index (κ3) is 3.76. The van der Waals surface area contributed by atoms with Gasteiger partial charge in [-0.1, -0.05) is 0 Å². The van der Waals surface area contributed by atoms with Gasteiger partial charge in [-0.2, -0.15) is 0 Å². The van der Waals surface area contributed by atoms with Gasteiger partial charge in [-0.3, -0.25) is 0 Å². The molecule has 22 heavy (non-hydrogen) atoms. The summed E-state index contributed by atoms with van der Waals surface area (Å²) in [7, 11) is 0. The van der Waals surface area contributed by atoms with Crippen molar-refractivity contribution in [3.05, 3.63) is 35.3 Å². The standard InChI is InChI=1S/C11H10F3NO.C2H2O4/c1-5(15)4-7-9(13)10(14)8(12)6-2-3-16-11(6)7;3-1(4)2(5)6/h2-3,5H,4,15H2,1H3;(H,3,4)(H,5,6). The average molecular weight is 319 g/mol. The molecule has 0 saturated carbocycles. The molecule has 0 aliphatic rings. The summed E-state index contributed by atoms with van der Waals surface area (Å²) >= 11 is 0. The molecule has 120 valence electrons. The number of rotatable bonds is 2. The highest BCUT2D eigenvalue weighted by Gasteiger charge is 2.22. The van der Waals surface area contributed by atoms with Crippen molar-refractivity contribution in [2.75, 3.05) is 0 Å². The van der Waals surface area contributed by atoms with E-state index in [9.17, 15) is 13.2 Å². The van der Waals surface area contributed by atoms with Crippen LogP contribution >= 0.6 is 0 Å². The van der Waals surface area contributed by atoms with E-state index in [2.05, 4.69) is 0 Å². The molecule has 2 aromatic rings. The molecule has 1 aromatic carbocycles. The Morgan fingerprint density at radius 1 is 1.18 bits per heavy atom. The first-order chi connectivity index (χ1) is 10.2. The Hall–Kier alpha value is -2.55. The maximum Gasteiger partial charge on any atom is 0.414 e. The Kier molecular flexibility index (Phi) is 5.52. The van der Waals surface area contributed by atoms with Crippen molar-refractivity contribution in [1.82, 2.24) is 0 Å². The van der Waals surface area contributed by atoms with Crippen LogP contribution in [0, 0.1) is 17.5 Å². The minimum Gasteiger partial charge on any atom is -0.473 e. The van der Waals surface area contributed by atoms with Crippen LogP contribution in [0.15, 0.2) is 16.7 Å². The largest absolute Gasteiger partial charge is 0.473 e. The Balaban J connectivity index is 0.000000346. The number of furan rings is 1. The van der Waals surface area contributed by atoms with Gasteiger partial charge in [0.15, 0.2) is 17.5 Å². The number of aliphatic carboxylic acids is 2. The quantitative estimate of drug-likeness (QED) is 0.575. The second-order valence-corrected chi connectivity index (χ2v) is 4.38. The zero-order valence-electron chi connectivity index (χ0n) is 11.3. The molecule has 0 bridgehead atoms. The maximum absolute atomic E-state index is 13.5. The van der Waals surface area contributed by atoms with E-state index in [4.69, 9.17) is 30.0 Å².